The van der Waals surface area contributed by atoms with Crippen molar-refractivity contribution in [2.45, 2.75) is 29.6 Å². The van der Waals surface area contributed by atoms with E-state index in [1.807, 2.05) is 6.92 Å². The highest BCUT2D eigenvalue weighted by atomic mass is 32.2. The molecule has 2 aromatic carbocycles. The molecule has 0 bridgehead atoms. The molecule has 0 heterocycles. The maximum atomic E-state index is 11.7. The van der Waals surface area contributed by atoms with Crippen LogP contribution in [0.15, 0.2) is 64.2 Å². The van der Waals surface area contributed by atoms with Crippen LogP contribution in [0.2, 0.25) is 0 Å². The van der Waals surface area contributed by atoms with Crippen molar-refractivity contribution in [3.8, 4) is 11.5 Å². The zero-order valence-electron chi connectivity index (χ0n) is 13.5. The zero-order chi connectivity index (χ0) is 18.7. The van der Waals surface area contributed by atoms with Crippen molar-refractivity contribution in [3.63, 3.8) is 0 Å². The Morgan fingerprint density at radius 1 is 1.08 bits per heavy atom. The summed E-state index contributed by atoms with van der Waals surface area (Å²) in [5.41, 5.74) is 0.857. The summed E-state index contributed by atoms with van der Waals surface area (Å²) < 4.78 is 61.4. The van der Waals surface area contributed by atoms with Crippen LogP contribution in [-0.2, 0) is 26.4 Å². The largest absolute Gasteiger partial charge is 0.456 e. The Kier molecular flexibility index (Phi) is 5.66. The first-order valence-corrected chi connectivity index (χ1v) is 10.4. The maximum absolute atomic E-state index is 11.7. The molecule has 0 aromatic heterocycles. The molecule has 2 rings (SSSR count). The average molecular weight is 382 g/mol. The number of ether oxygens (including phenoxy) is 1. The molecular formula is C17H18O6S2. The van der Waals surface area contributed by atoms with E-state index < -0.39 is 20.0 Å². The molecule has 0 atom stereocenters. The molecule has 6 nitrogen and oxygen atoms in total. The third-order valence-corrected chi connectivity index (χ3v) is 5.69. The molecule has 25 heavy (non-hydrogen) atoms. The fourth-order valence-corrected chi connectivity index (χ4v) is 3.51. The first kappa shape index (κ1) is 19.2. The van der Waals surface area contributed by atoms with E-state index in [2.05, 4.69) is 6.58 Å². The van der Waals surface area contributed by atoms with Crippen molar-refractivity contribution >= 4 is 20.0 Å². The Balaban J connectivity index is 2.41. The predicted octanol–water partition coefficient (Wildman–Crippen LogP) is 3.60. The van der Waals surface area contributed by atoms with Crippen LogP contribution in [0.25, 0.3) is 0 Å². The minimum Gasteiger partial charge on any atom is -0.456 e. The van der Waals surface area contributed by atoms with Gasteiger partial charge in [0.25, 0.3) is 10.1 Å². The van der Waals surface area contributed by atoms with Crippen LogP contribution in [0.5, 0.6) is 11.5 Å². The number of aryl methyl sites for hydroxylation is 1. The highest BCUT2D eigenvalue weighted by molar-refractivity contribution is 7.94. The van der Waals surface area contributed by atoms with Crippen LogP contribution in [0, 0.1) is 0 Å². The van der Waals surface area contributed by atoms with Gasteiger partial charge in [-0.3, -0.25) is 4.55 Å². The summed E-state index contributed by atoms with van der Waals surface area (Å²) in [6, 6.07) is 9.89. The van der Waals surface area contributed by atoms with Crippen LogP contribution < -0.4 is 4.74 Å². The minimum atomic E-state index is -4.45. The van der Waals surface area contributed by atoms with Crippen LogP contribution >= 0.6 is 0 Å². The van der Waals surface area contributed by atoms with Gasteiger partial charge in [0.2, 0.25) is 0 Å². The highest BCUT2D eigenvalue weighted by Crippen LogP contribution is 2.31. The molecule has 0 aliphatic heterocycles. The molecule has 0 aliphatic rings. The first-order valence-electron chi connectivity index (χ1n) is 7.43. The number of benzene rings is 2. The Morgan fingerprint density at radius 3 is 2.24 bits per heavy atom. The van der Waals surface area contributed by atoms with Crippen LogP contribution in [0.3, 0.4) is 0 Å². The normalized spacial score (nSPS) is 11.9. The van der Waals surface area contributed by atoms with Crippen molar-refractivity contribution in [3.05, 3.63) is 60.0 Å². The maximum Gasteiger partial charge on any atom is 0.298 e. The molecule has 0 unspecified atom stereocenters. The monoisotopic (exact) mass is 382 g/mol. The van der Waals surface area contributed by atoms with Crippen molar-refractivity contribution in [2.24, 2.45) is 0 Å². The summed E-state index contributed by atoms with van der Waals surface area (Å²) in [4.78, 5) is -0.306. The first-order chi connectivity index (χ1) is 11.7. The van der Waals surface area contributed by atoms with Gasteiger partial charge in [-0.25, -0.2) is 8.42 Å². The minimum absolute atomic E-state index is 0.0206. The van der Waals surface area contributed by atoms with Gasteiger partial charge in [0.15, 0.2) is 9.84 Å². The molecule has 0 fully saturated rings. The van der Waals surface area contributed by atoms with E-state index >= 15 is 0 Å². The predicted molar refractivity (Wildman–Crippen MR) is 94.2 cm³/mol. The van der Waals surface area contributed by atoms with Crippen molar-refractivity contribution in [2.75, 3.05) is 0 Å². The summed E-state index contributed by atoms with van der Waals surface area (Å²) in [7, 11) is -8.02. The second-order valence-corrected chi connectivity index (χ2v) is 8.58. The molecule has 0 saturated carbocycles. The Bertz CT molecular complexity index is 974. The number of sulfone groups is 1. The van der Waals surface area contributed by atoms with Crippen LogP contribution in [-0.4, -0.2) is 21.4 Å². The lowest BCUT2D eigenvalue weighted by Gasteiger charge is -2.11. The summed E-state index contributed by atoms with van der Waals surface area (Å²) >= 11 is 0. The standard InChI is InChI=1S/C17H18O6S2/c1-3-5-13-6-11-17(25(20,21)22)16(12-13)23-14-7-9-15(10-8-14)24(18,19)4-2/h4,6-12H,2-3,5H2,1H3,(H,20,21,22). The van der Waals surface area contributed by atoms with Gasteiger partial charge in [0.1, 0.15) is 16.4 Å². The lowest BCUT2D eigenvalue weighted by Crippen LogP contribution is -2.02. The zero-order valence-corrected chi connectivity index (χ0v) is 15.2. The number of hydrogen-bond acceptors (Lipinski definition) is 5. The van der Waals surface area contributed by atoms with Gasteiger partial charge in [-0.05, 0) is 48.4 Å². The van der Waals surface area contributed by atoms with Crippen molar-refractivity contribution < 1.29 is 26.1 Å². The SMILES string of the molecule is C=CS(=O)(=O)c1ccc(Oc2cc(CCC)ccc2S(=O)(=O)O)cc1. The van der Waals surface area contributed by atoms with E-state index in [1.54, 1.807) is 12.1 Å². The molecule has 2 aromatic rings. The van der Waals surface area contributed by atoms with Gasteiger partial charge in [0, 0.05) is 5.41 Å². The van der Waals surface area contributed by atoms with Crippen LogP contribution in [0.4, 0.5) is 0 Å². The highest BCUT2D eigenvalue weighted by Gasteiger charge is 2.18. The summed E-state index contributed by atoms with van der Waals surface area (Å²) in [5, 5.41) is 0.841. The third kappa shape index (κ3) is 4.68. The molecule has 134 valence electrons. The summed E-state index contributed by atoms with van der Waals surface area (Å²) in [6.45, 7) is 5.23. The van der Waals surface area contributed by atoms with Crippen LogP contribution in [0.1, 0.15) is 18.9 Å². The van der Waals surface area contributed by atoms with E-state index in [0.717, 1.165) is 23.8 Å². The smallest absolute Gasteiger partial charge is 0.298 e. The molecule has 0 spiro atoms. The number of rotatable bonds is 7. The van der Waals surface area contributed by atoms with Gasteiger partial charge >= 0.3 is 0 Å². The third-order valence-electron chi connectivity index (χ3n) is 3.42. The second-order valence-electron chi connectivity index (χ2n) is 5.29. The van der Waals surface area contributed by atoms with Gasteiger partial charge in [-0.15, -0.1) is 0 Å². The Labute approximate surface area is 147 Å². The molecule has 0 saturated heterocycles. The quantitative estimate of drug-likeness (QED) is 0.735. The Hall–Kier alpha value is -2.16. The van der Waals surface area contributed by atoms with Gasteiger partial charge < -0.3 is 4.74 Å². The molecule has 0 radical (unpaired) electrons. The summed E-state index contributed by atoms with van der Waals surface area (Å²) in [6.07, 6.45) is 1.58. The van der Waals surface area contributed by atoms with Gasteiger partial charge in [-0.1, -0.05) is 26.0 Å². The summed E-state index contributed by atoms with van der Waals surface area (Å²) in [5.74, 6) is 0.217. The van der Waals surface area contributed by atoms with E-state index in [1.165, 1.54) is 30.3 Å². The van der Waals surface area contributed by atoms with Crippen molar-refractivity contribution in [1.29, 1.82) is 0 Å². The van der Waals surface area contributed by atoms with E-state index in [4.69, 9.17) is 4.74 Å². The lowest BCUT2D eigenvalue weighted by molar-refractivity contribution is 0.449. The topological polar surface area (TPSA) is 97.7 Å². The van der Waals surface area contributed by atoms with Gasteiger partial charge in [0.05, 0.1) is 4.90 Å². The fraction of sp³-hybridized carbons (Fsp3) is 0.176. The lowest BCUT2D eigenvalue weighted by atomic mass is 10.1. The molecule has 1 N–H and O–H groups in total. The van der Waals surface area contributed by atoms with E-state index in [-0.39, 0.29) is 21.3 Å². The van der Waals surface area contributed by atoms with Crippen molar-refractivity contribution in [1.82, 2.24) is 0 Å². The van der Waals surface area contributed by atoms with Gasteiger partial charge in [-0.2, -0.15) is 8.42 Å². The number of hydrogen-bond donors (Lipinski definition) is 1. The molecule has 0 amide bonds. The molecular weight excluding hydrogens is 364 g/mol. The Morgan fingerprint density at radius 2 is 1.72 bits per heavy atom. The van der Waals surface area contributed by atoms with E-state index in [0.29, 0.717) is 0 Å². The fourth-order valence-electron chi connectivity index (χ4n) is 2.21. The average Bonchev–Trinajstić information content (AvgIpc) is 2.55. The molecule has 8 heteroatoms. The van der Waals surface area contributed by atoms with E-state index in [9.17, 15) is 21.4 Å². The second kappa shape index (κ2) is 7.38. The molecule has 0 aliphatic carbocycles.